The maximum Gasteiger partial charge on any atom is 0.136 e. The summed E-state index contributed by atoms with van der Waals surface area (Å²) < 4.78 is 20.4. The Labute approximate surface area is 284 Å². The summed E-state index contributed by atoms with van der Waals surface area (Å²) in [5.41, 5.74) is 3.64. The number of aliphatic hydroxyl groups excluding tert-OH is 1. The highest BCUT2D eigenvalue weighted by Crippen LogP contribution is 2.41. The summed E-state index contributed by atoms with van der Waals surface area (Å²) in [5.74, 6) is 1.87. The summed E-state index contributed by atoms with van der Waals surface area (Å²) in [6.07, 6.45) is 4.60. The van der Waals surface area contributed by atoms with Crippen LogP contribution in [0.4, 0.5) is 0 Å². The van der Waals surface area contributed by atoms with Crippen molar-refractivity contribution in [2.45, 2.75) is 97.1 Å². The Morgan fingerprint density at radius 1 is 0.976 bits per heavy atom. The lowest BCUT2D eigenvalue weighted by atomic mass is 10.1. The molecule has 3 aliphatic rings. The van der Waals surface area contributed by atoms with Gasteiger partial charge in [-0.25, -0.2) is 4.68 Å². The van der Waals surface area contributed by atoms with Crippen molar-refractivity contribution in [2.24, 2.45) is 4.99 Å². The molecule has 0 unspecified atom stereocenters. The van der Waals surface area contributed by atoms with Gasteiger partial charge in [0.1, 0.15) is 42.9 Å². The maximum absolute atomic E-state index is 9.18. The van der Waals surface area contributed by atoms with Crippen molar-refractivity contribution in [3.63, 3.8) is 0 Å². The molecule has 1 N–H and O–H groups in total. The molecule has 11 heteroatoms. The lowest BCUT2D eigenvalue weighted by molar-refractivity contribution is 0.194. The molecule has 2 fully saturated rings. The van der Waals surface area contributed by atoms with Crippen molar-refractivity contribution in [3.8, 4) is 11.5 Å². The molecule has 2 saturated carbocycles. The van der Waals surface area contributed by atoms with Gasteiger partial charge < -0.3 is 19.3 Å². The topological polar surface area (TPSA) is 78.1 Å². The molecule has 0 radical (unpaired) electrons. The second kappa shape index (κ2) is 14.9. The van der Waals surface area contributed by atoms with Gasteiger partial charge in [-0.2, -0.15) is 5.10 Å². The number of rotatable bonds is 9. The summed E-state index contributed by atoms with van der Waals surface area (Å²) in [5, 5.41) is 14.5. The van der Waals surface area contributed by atoms with Gasteiger partial charge in [-0.1, -0.05) is 44.7 Å². The Morgan fingerprint density at radius 2 is 1.57 bits per heavy atom. The summed E-state index contributed by atoms with van der Waals surface area (Å²) in [4.78, 5) is 4.41. The largest absolute Gasteiger partial charge is 0.488 e. The number of aliphatic hydroxyl groups is 1. The predicted molar refractivity (Wildman–Crippen MR) is 193 cm³/mol. The Balaban J connectivity index is 0.000000180. The standard InChI is InChI=1S/C12H13IN2O2.C12H12INO.C6H15ClOSi.CH4/c1-12(4-5-12)17-8-2-3-10-9(6-8)11(13)14-15(10)7-16;1-12(4-5-12)15-9-3-2-8-7-14-11(13)10(8)6-9;1-9(2,3)5-4-8-6-7;/h2-3,6,16H,4-5,7H2,1H3;2-3,6H,4-5,7H2,1H3;4-6H2,1-3H3;1H4. The smallest absolute Gasteiger partial charge is 0.136 e. The van der Waals surface area contributed by atoms with Gasteiger partial charge in [0.15, 0.2) is 0 Å². The third kappa shape index (κ3) is 10.3. The van der Waals surface area contributed by atoms with E-state index in [1.54, 1.807) is 4.68 Å². The van der Waals surface area contributed by atoms with E-state index in [9.17, 15) is 5.11 Å². The average Bonchev–Trinajstić information content (AvgIpc) is 3.76. The number of aliphatic imine (C=N–C) groups is 1. The summed E-state index contributed by atoms with van der Waals surface area (Å²) in [7, 11) is -0.878. The first-order valence-corrected chi connectivity index (χ1v) is 20.4. The molecule has 3 aromatic rings. The zero-order valence-electron chi connectivity index (χ0n) is 24.5. The van der Waals surface area contributed by atoms with Crippen LogP contribution in [0, 0.1) is 3.70 Å². The van der Waals surface area contributed by atoms with Gasteiger partial charge in [0.2, 0.25) is 0 Å². The molecule has 0 atom stereocenters. The van der Waals surface area contributed by atoms with Crippen molar-refractivity contribution in [1.82, 2.24) is 9.78 Å². The molecule has 2 heterocycles. The Bertz CT molecular complexity index is 1380. The minimum atomic E-state index is -0.878. The van der Waals surface area contributed by atoms with Crippen molar-refractivity contribution in [2.75, 3.05) is 12.7 Å². The SMILES string of the molecule is C.CC1(Oc2ccc3c(c2)C(I)=NC3)CC1.CC1(Oc2ccc3c(c2)c(I)nn3CO)CC1.C[Si](C)(C)CCOCCl. The minimum absolute atomic E-state index is 0. The van der Waals surface area contributed by atoms with Crippen LogP contribution in [0.3, 0.4) is 0 Å². The molecule has 2 aromatic carbocycles. The van der Waals surface area contributed by atoms with Crippen molar-refractivity contribution in [3.05, 3.63) is 51.2 Å². The molecular weight excluding hydrogens is 796 g/mol. The lowest BCUT2D eigenvalue weighted by Crippen LogP contribution is -2.21. The Morgan fingerprint density at radius 3 is 2.12 bits per heavy atom. The first-order chi connectivity index (χ1) is 19.3. The number of fused-ring (bicyclic) bond motifs is 2. The quantitative estimate of drug-likeness (QED) is 0.101. The fourth-order valence-corrected chi connectivity index (χ4v) is 6.27. The summed E-state index contributed by atoms with van der Waals surface area (Å²) in [6, 6.07) is 13.7. The van der Waals surface area contributed by atoms with Gasteiger partial charge in [0, 0.05) is 25.6 Å². The van der Waals surface area contributed by atoms with Crippen LogP contribution >= 0.6 is 56.8 Å². The van der Waals surface area contributed by atoms with Crippen molar-refractivity contribution >= 4 is 79.5 Å². The highest BCUT2D eigenvalue weighted by Gasteiger charge is 2.40. The van der Waals surface area contributed by atoms with E-state index < -0.39 is 8.07 Å². The molecule has 0 saturated heterocycles. The van der Waals surface area contributed by atoms with Crippen LogP contribution in [0.25, 0.3) is 10.9 Å². The molecule has 2 aliphatic carbocycles. The van der Waals surface area contributed by atoms with Crippen LogP contribution in [0.2, 0.25) is 25.7 Å². The first-order valence-electron chi connectivity index (χ1n) is 14.0. The molecule has 42 heavy (non-hydrogen) atoms. The van der Waals surface area contributed by atoms with Crippen LogP contribution in [0.1, 0.15) is 58.1 Å². The maximum atomic E-state index is 9.18. The lowest BCUT2D eigenvalue weighted by Gasteiger charge is -2.14. The number of alkyl halides is 1. The van der Waals surface area contributed by atoms with E-state index in [2.05, 4.69) is 107 Å². The average molecular weight is 840 g/mol. The fourth-order valence-electron chi connectivity index (χ4n) is 4.04. The number of aromatic nitrogens is 2. The van der Waals surface area contributed by atoms with Gasteiger partial charge in [-0.05, 0) is 127 Å². The minimum Gasteiger partial charge on any atom is -0.488 e. The number of ether oxygens (including phenoxy) is 3. The Kier molecular flexibility index (Phi) is 12.6. The predicted octanol–water partition coefficient (Wildman–Crippen LogP) is 9.01. The van der Waals surface area contributed by atoms with E-state index in [-0.39, 0.29) is 25.4 Å². The van der Waals surface area contributed by atoms with Gasteiger partial charge in [-0.15, -0.1) is 0 Å². The monoisotopic (exact) mass is 839 g/mol. The van der Waals surface area contributed by atoms with Crippen molar-refractivity contribution < 1.29 is 19.3 Å². The number of hydrogen-bond acceptors (Lipinski definition) is 6. The van der Waals surface area contributed by atoms with Crippen LogP contribution in [0.15, 0.2) is 41.4 Å². The van der Waals surface area contributed by atoms with Crippen molar-refractivity contribution in [1.29, 1.82) is 0 Å². The summed E-state index contributed by atoms with van der Waals surface area (Å²) in [6.45, 7) is 12.8. The molecule has 232 valence electrons. The number of nitrogens with zero attached hydrogens (tertiary/aromatic N) is 3. The fraction of sp³-hybridized carbons (Fsp3) is 0.548. The molecule has 1 aromatic heterocycles. The van der Waals surface area contributed by atoms with Gasteiger partial charge in [0.05, 0.1) is 12.1 Å². The van der Waals surface area contributed by atoms with Gasteiger partial charge in [-0.3, -0.25) is 4.99 Å². The van der Waals surface area contributed by atoms with Crippen LogP contribution in [0.5, 0.6) is 11.5 Å². The zero-order valence-corrected chi connectivity index (χ0v) is 30.5. The summed E-state index contributed by atoms with van der Waals surface area (Å²) >= 11 is 9.78. The van der Waals surface area contributed by atoms with E-state index in [4.69, 9.17) is 25.8 Å². The van der Waals surface area contributed by atoms with Gasteiger partial charge in [0.25, 0.3) is 0 Å². The molecule has 0 bridgehead atoms. The molecule has 0 amide bonds. The normalized spacial score (nSPS) is 17.0. The van der Waals surface area contributed by atoms with Crippen LogP contribution in [-0.4, -0.2) is 50.6 Å². The number of halogens is 3. The highest BCUT2D eigenvalue weighted by molar-refractivity contribution is 14.1. The molecule has 1 aliphatic heterocycles. The molecule has 0 spiro atoms. The van der Waals surface area contributed by atoms with E-state index in [1.165, 1.54) is 30.0 Å². The van der Waals surface area contributed by atoms with E-state index >= 15 is 0 Å². The van der Waals surface area contributed by atoms with Crippen LogP contribution in [-0.2, 0) is 18.0 Å². The number of hydrogen-bond donors (Lipinski definition) is 1. The van der Waals surface area contributed by atoms with E-state index in [1.807, 2.05) is 18.2 Å². The third-order valence-electron chi connectivity index (χ3n) is 7.21. The molecule has 7 nitrogen and oxygen atoms in total. The molecule has 6 rings (SSSR count). The van der Waals surface area contributed by atoms with Crippen LogP contribution < -0.4 is 9.47 Å². The second-order valence-electron chi connectivity index (χ2n) is 12.5. The van der Waals surface area contributed by atoms with E-state index in [0.29, 0.717) is 6.07 Å². The second-order valence-corrected chi connectivity index (χ2v) is 20.4. The third-order valence-corrected chi connectivity index (χ3v) is 10.8. The number of benzene rings is 2. The first kappa shape index (κ1) is 35.5. The Hall–Kier alpha value is -0.933. The van der Waals surface area contributed by atoms with E-state index in [0.717, 1.165) is 55.8 Å². The van der Waals surface area contributed by atoms with Gasteiger partial charge >= 0.3 is 0 Å². The zero-order chi connectivity index (χ0) is 29.8. The molecular formula is C31H44ClI2N3O4Si. The highest BCUT2D eigenvalue weighted by atomic mass is 127.